The Morgan fingerprint density at radius 2 is 1.75 bits per heavy atom. The maximum absolute atomic E-state index is 13.3. The van der Waals surface area contributed by atoms with E-state index in [0.29, 0.717) is 36.3 Å². The Balaban J connectivity index is 1.38. The molecule has 0 saturated carbocycles. The Morgan fingerprint density at radius 3 is 2.53 bits per heavy atom. The first-order valence-corrected chi connectivity index (χ1v) is 11.2. The molecule has 32 heavy (non-hydrogen) atoms. The van der Waals surface area contributed by atoms with E-state index < -0.39 is 0 Å². The van der Waals surface area contributed by atoms with Gasteiger partial charge in [-0.3, -0.25) is 19.3 Å². The van der Waals surface area contributed by atoms with Gasteiger partial charge in [0.1, 0.15) is 0 Å². The molecule has 0 fully saturated rings. The van der Waals surface area contributed by atoms with E-state index in [9.17, 15) is 14.4 Å². The maximum Gasteiger partial charge on any atom is 0.261 e. The summed E-state index contributed by atoms with van der Waals surface area (Å²) in [6.45, 7) is 7.65. The topological polar surface area (TPSA) is 73.5 Å². The average molecular weight is 430 g/mol. The lowest BCUT2D eigenvalue weighted by Crippen LogP contribution is -2.33. The smallest absolute Gasteiger partial charge is 0.261 e. The van der Waals surface area contributed by atoms with Crippen molar-refractivity contribution in [3.63, 3.8) is 0 Å². The van der Waals surface area contributed by atoms with E-state index >= 15 is 0 Å². The van der Waals surface area contributed by atoms with Gasteiger partial charge in [-0.25, -0.2) is 0 Å². The van der Waals surface area contributed by atoms with E-state index in [4.69, 9.17) is 0 Å². The van der Waals surface area contributed by atoms with Gasteiger partial charge in [-0.1, -0.05) is 25.5 Å². The lowest BCUT2D eigenvalue weighted by molar-refractivity contribution is 0.0636. The SMILES string of the molecule is Cc1ccc2[nH]c3c(c2c1)CCN(C(=O)c1ccc2c(c1)C(=O)N(CC(C)C)C2=O)CC3. The highest BCUT2D eigenvalue weighted by Crippen LogP contribution is 2.28. The van der Waals surface area contributed by atoms with Crippen LogP contribution < -0.4 is 0 Å². The van der Waals surface area contributed by atoms with Gasteiger partial charge in [0.25, 0.3) is 17.7 Å². The number of aryl methyl sites for hydroxylation is 1. The molecule has 0 radical (unpaired) electrons. The quantitative estimate of drug-likeness (QED) is 0.641. The third kappa shape index (κ3) is 3.30. The van der Waals surface area contributed by atoms with Crippen LogP contribution in [0.15, 0.2) is 36.4 Å². The van der Waals surface area contributed by atoms with Gasteiger partial charge in [0.2, 0.25) is 0 Å². The van der Waals surface area contributed by atoms with Crippen LogP contribution in [0.1, 0.15) is 61.7 Å². The standard InChI is InChI=1S/C26H27N3O3/c1-15(2)14-29-25(31)19-6-5-17(13-21(19)26(29)32)24(30)28-10-8-18-20-12-16(3)4-7-22(20)27-23(18)9-11-28/h4-7,12-13,15,27H,8-11,14H2,1-3H3. The molecular weight excluding hydrogens is 402 g/mol. The van der Waals surface area contributed by atoms with Gasteiger partial charge in [0.15, 0.2) is 0 Å². The van der Waals surface area contributed by atoms with Crippen molar-refractivity contribution in [2.45, 2.75) is 33.6 Å². The molecule has 6 heteroatoms. The lowest BCUT2D eigenvalue weighted by atomic mass is 10.0. The summed E-state index contributed by atoms with van der Waals surface area (Å²) < 4.78 is 0. The third-order valence-corrected chi connectivity index (χ3v) is 6.47. The lowest BCUT2D eigenvalue weighted by Gasteiger charge is -2.20. The van der Waals surface area contributed by atoms with E-state index in [0.717, 1.165) is 18.4 Å². The molecule has 3 heterocycles. The minimum Gasteiger partial charge on any atom is -0.358 e. The maximum atomic E-state index is 13.3. The molecule has 6 nitrogen and oxygen atoms in total. The average Bonchev–Trinajstić information content (AvgIpc) is 3.11. The van der Waals surface area contributed by atoms with Crippen LogP contribution in [0.25, 0.3) is 10.9 Å². The summed E-state index contributed by atoms with van der Waals surface area (Å²) in [7, 11) is 0. The van der Waals surface area contributed by atoms with E-state index in [-0.39, 0.29) is 23.6 Å². The van der Waals surface area contributed by atoms with Crippen LogP contribution in [0.3, 0.4) is 0 Å². The minimum atomic E-state index is -0.305. The zero-order valence-electron chi connectivity index (χ0n) is 18.7. The largest absolute Gasteiger partial charge is 0.358 e. The summed E-state index contributed by atoms with van der Waals surface area (Å²) in [5.74, 6) is -0.484. The van der Waals surface area contributed by atoms with Crippen LogP contribution in [0, 0.1) is 12.8 Å². The molecule has 2 aliphatic heterocycles. The summed E-state index contributed by atoms with van der Waals surface area (Å²) in [6, 6.07) is 11.3. The molecule has 2 aliphatic rings. The number of aromatic nitrogens is 1. The number of carbonyl (C=O) groups is 3. The van der Waals surface area contributed by atoms with Gasteiger partial charge in [-0.05, 0) is 55.2 Å². The van der Waals surface area contributed by atoms with E-state index in [1.54, 1.807) is 18.2 Å². The number of aromatic amines is 1. The Kier molecular flexibility index (Phi) is 4.88. The number of imide groups is 1. The minimum absolute atomic E-state index is 0.0963. The number of rotatable bonds is 3. The van der Waals surface area contributed by atoms with Gasteiger partial charge in [-0.2, -0.15) is 0 Å². The van der Waals surface area contributed by atoms with Crippen LogP contribution in [0.2, 0.25) is 0 Å². The second kappa shape index (κ2) is 7.62. The Labute approximate surface area is 187 Å². The fourth-order valence-electron chi connectivity index (χ4n) is 4.86. The van der Waals surface area contributed by atoms with Gasteiger partial charge in [0, 0.05) is 48.2 Å². The van der Waals surface area contributed by atoms with Crippen molar-refractivity contribution in [2.75, 3.05) is 19.6 Å². The summed E-state index contributed by atoms with van der Waals surface area (Å²) in [6.07, 6.45) is 1.55. The number of amides is 3. The normalized spacial score (nSPS) is 16.0. The number of nitrogens with one attached hydrogen (secondary N) is 1. The summed E-state index contributed by atoms with van der Waals surface area (Å²) in [4.78, 5) is 45.4. The highest BCUT2D eigenvalue weighted by atomic mass is 16.2. The fourth-order valence-corrected chi connectivity index (χ4v) is 4.86. The molecule has 0 aliphatic carbocycles. The summed E-state index contributed by atoms with van der Waals surface area (Å²) in [5.41, 5.74) is 6.04. The van der Waals surface area contributed by atoms with Crippen molar-refractivity contribution in [3.8, 4) is 0 Å². The van der Waals surface area contributed by atoms with Crippen molar-refractivity contribution in [1.82, 2.24) is 14.8 Å². The highest BCUT2D eigenvalue weighted by Gasteiger charge is 2.36. The Bertz CT molecular complexity index is 1270. The van der Waals surface area contributed by atoms with Crippen molar-refractivity contribution in [1.29, 1.82) is 0 Å². The number of hydrogen-bond donors (Lipinski definition) is 1. The summed E-state index contributed by atoms with van der Waals surface area (Å²) >= 11 is 0. The monoisotopic (exact) mass is 429 g/mol. The first kappa shape index (κ1) is 20.5. The van der Waals surface area contributed by atoms with Crippen molar-refractivity contribution >= 4 is 28.6 Å². The number of benzene rings is 2. The Morgan fingerprint density at radius 1 is 1.00 bits per heavy atom. The third-order valence-electron chi connectivity index (χ3n) is 6.47. The van der Waals surface area contributed by atoms with E-state index in [2.05, 4.69) is 30.1 Å². The van der Waals surface area contributed by atoms with E-state index in [1.165, 1.54) is 27.1 Å². The van der Waals surface area contributed by atoms with E-state index in [1.807, 2.05) is 18.7 Å². The second-order valence-electron chi connectivity index (χ2n) is 9.30. The van der Waals surface area contributed by atoms with Crippen molar-refractivity contribution in [3.05, 3.63) is 69.9 Å². The molecule has 0 unspecified atom stereocenters. The molecule has 0 spiro atoms. The van der Waals surface area contributed by atoms with Gasteiger partial charge >= 0.3 is 0 Å². The number of carbonyl (C=O) groups excluding carboxylic acids is 3. The second-order valence-corrected chi connectivity index (χ2v) is 9.30. The summed E-state index contributed by atoms with van der Waals surface area (Å²) in [5, 5.41) is 1.24. The van der Waals surface area contributed by atoms with Crippen molar-refractivity contribution in [2.24, 2.45) is 5.92 Å². The number of fused-ring (bicyclic) bond motifs is 4. The zero-order chi connectivity index (χ0) is 22.6. The zero-order valence-corrected chi connectivity index (χ0v) is 18.7. The fraction of sp³-hybridized carbons (Fsp3) is 0.346. The molecule has 0 bridgehead atoms. The van der Waals surface area contributed by atoms with Gasteiger partial charge < -0.3 is 9.88 Å². The van der Waals surface area contributed by atoms with Crippen LogP contribution >= 0.6 is 0 Å². The van der Waals surface area contributed by atoms with Gasteiger partial charge in [-0.15, -0.1) is 0 Å². The van der Waals surface area contributed by atoms with Crippen LogP contribution in [0.4, 0.5) is 0 Å². The molecule has 1 N–H and O–H groups in total. The molecule has 3 amide bonds. The predicted octanol–water partition coefficient (Wildman–Crippen LogP) is 3.97. The highest BCUT2D eigenvalue weighted by molar-refractivity contribution is 6.22. The number of H-pyrrole nitrogens is 1. The first-order chi connectivity index (χ1) is 15.3. The van der Waals surface area contributed by atoms with Gasteiger partial charge in [0.05, 0.1) is 11.1 Å². The molecule has 0 atom stereocenters. The van der Waals surface area contributed by atoms with Crippen molar-refractivity contribution < 1.29 is 14.4 Å². The van der Waals surface area contributed by atoms with Crippen LogP contribution in [-0.4, -0.2) is 52.1 Å². The molecule has 164 valence electrons. The first-order valence-electron chi connectivity index (χ1n) is 11.2. The molecule has 5 rings (SSSR count). The number of nitrogens with zero attached hydrogens (tertiary/aromatic N) is 2. The van der Waals surface area contributed by atoms with Crippen LogP contribution in [0.5, 0.6) is 0 Å². The van der Waals surface area contributed by atoms with Crippen LogP contribution in [-0.2, 0) is 12.8 Å². The molecule has 3 aromatic rings. The number of hydrogen-bond acceptors (Lipinski definition) is 3. The molecule has 0 saturated heterocycles. The molecule has 1 aromatic heterocycles. The Hall–Kier alpha value is -3.41. The predicted molar refractivity (Wildman–Crippen MR) is 123 cm³/mol. The molecular formula is C26H27N3O3. The molecule has 2 aromatic carbocycles.